The standard InChI is InChI=1S/C15H11F3N4O6S2/c1-21-10(15(16,17)18)6-11(23)22(14(21)25)7-3-4-9-8(5-7)12(19-29-9)28-13(24)20-30(2,26)27/h3-6H,1-2H3,(H,20,24). The molecule has 1 amide bonds. The van der Waals surface area contributed by atoms with Gasteiger partial charge in [-0.2, -0.15) is 17.5 Å². The Hall–Kier alpha value is -3.20. The van der Waals surface area contributed by atoms with Crippen LogP contribution in [0.1, 0.15) is 5.69 Å². The Kier molecular flexibility index (Phi) is 5.19. The van der Waals surface area contributed by atoms with Crippen molar-refractivity contribution < 1.29 is 31.1 Å². The van der Waals surface area contributed by atoms with Crippen LogP contribution in [0.4, 0.5) is 18.0 Å². The van der Waals surface area contributed by atoms with E-state index in [4.69, 9.17) is 4.74 Å². The van der Waals surface area contributed by atoms with Crippen LogP contribution in [0.15, 0.2) is 33.9 Å². The third-order valence-corrected chi connectivity index (χ3v) is 5.09. The van der Waals surface area contributed by atoms with Crippen molar-refractivity contribution in [1.29, 1.82) is 0 Å². The molecule has 0 aliphatic carbocycles. The topological polar surface area (TPSA) is 129 Å². The van der Waals surface area contributed by atoms with Crippen LogP contribution in [0.5, 0.6) is 5.88 Å². The number of rotatable bonds is 3. The predicted octanol–water partition coefficient (Wildman–Crippen LogP) is 1.21. The van der Waals surface area contributed by atoms with E-state index >= 15 is 0 Å². The number of alkyl halides is 3. The second-order valence-corrected chi connectivity index (χ2v) is 8.53. The summed E-state index contributed by atoms with van der Waals surface area (Å²) in [7, 11) is -3.02. The summed E-state index contributed by atoms with van der Waals surface area (Å²) < 4.78 is 72.7. The molecule has 0 fully saturated rings. The van der Waals surface area contributed by atoms with E-state index in [0.29, 0.717) is 9.27 Å². The highest BCUT2D eigenvalue weighted by Gasteiger charge is 2.35. The lowest BCUT2D eigenvalue weighted by Crippen LogP contribution is -2.40. The number of halogens is 3. The van der Waals surface area contributed by atoms with Gasteiger partial charge in [0.25, 0.3) is 5.56 Å². The molecule has 2 heterocycles. The molecule has 1 N–H and O–H groups in total. The molecule has 0 aliphatic rings. The van der Waals surface area contributed by atoms with Crippen molar-refractivity contribution in [1.82, 2.24) is 18.2 Å². The summed E-state index contributed by atoms with van der Waals surface area (Å²) in [4.78, 5) is 36.3. The number of fused-ring (bicyclic) bond motifs is 1. The Bertz CT molecular complexity index is 1390. The number of hydrogen-bond donors (Lipinski definition) is 1. The number of ether oxygens (including phenoxy) is 1. The largest absolute Gasteiger partial charge is 0.431 e. The van der Waals surface area contributed by atoms with Gasteiger partial charge in [0.05, 0.1) is 22.0 Å². The average Bonchev–Trinajstić information content (AvgIpc) is 2.98. The summed E-state index contributed by atoms with van der Waals surface area (Å²) in [6, 6.07) is 4.20. The molecule has 0 aliphatic heterocycles. The fourth-order valence-corrected chi connectivity index (χ4v) is 3.55. The molecule has 1 aromatic carbocycles. The van der Waals surface area contributed by atoms with Crippen molar-refractivity contribution in [2.45, 2.75) is 6.18 Å². The molecule has 15 heteroatoms. The molecular formula is C15H11F3N4O6S2. The molecule has 0 unspecified atom stereocenters. The molecule has 160 valence electrons. The highest BCUT2D eigenvalue weighted by Crippen LogP contribution is 2.31. The Morgan fingerprint density at radius 3 is 2.50 bits per heavy atom. The van der Waals surface area contributed by atoms with Crippen LogP contribution in [0.2, 0.25) is 0 Å². The number of nitrogens with zero attached hydrogens (tertiary/aromatic N) is 3. The van der Waals surface area contributed by atoms with Gasteiger partial charge in [0.2, 0.25) is 15.9 Å². The molecule has 0 atom stereocenters. The van der Waals surface area contributed by atoms with Gasteiger partial charge in [-0.05, 0) is 29.7 Å². The van der Waals surface area contributed by atoms with Gasteiger partial charge in [-0.25, -0.2) is 27.3 Å². The van der Waals surface area contributed by atoms with Crippen molar-refractivity contribution in [2.75, 3.05) is 6.26 Å². The third-order valence-electron chi connectivity index (χ3n) is 3.75. The van der Waals surface area contributed by atoms with E-state index in [1.165, 1.54) is 18.2 Å². The SMILES string of the molecule is Cn1c(C(F)(F)F)cc(=O)n(-c2ccc3snc(OC(=O)NS(C)(=O)=O)c3c2)c1=O. The van der Waals surface area contributed by atoms with Crippen LogP contribution < -0.4 is 20.7 Å². The fourth-order valence-electron chi connectivity index (χ4n) is 2.51. The summed E-state index contributed by atoms with van der Waals surface area (Å²) in [5, 5.41) is 0.134. The van der Waals surface area contributed by atoms with Gasteiger partial charge in [-0.1, -0.05) is 0 Å². The van der Waals surface area contributed by atoms with Gasteiger partial charge >= 0.3 is 18.0 Å². The molecule has 0 spiro atoms. The van der Waals surface area contributed by atoms with Crippen molar-refractivity contribution in [3.63, 3.8) is 0 Å². The minimum Gasteiger partial charge on any atom is -0.389 e. The second kappa shape index (κ2) is 7.24. The lowest BCUT2D eigenvalue weighted by atomic mass is 10.2. The smallest absolute Gasteiger partial charge is 0.389 e. The number of carbonyl (C=O) groups is 1. The van der Waals surface area contributed by atoms with E-state index in [1.54, 1.807) is 4.72 Å². The average molecular weight is 464 g/mol. The number of amides is 1. The highest BCUT2D eigenvalue weighted by atomic mass is 32.2. The van der Waals surface area contributed by atoms with Crippen LogP contribution in [0.25, 0.3) is 15.8 Å². The normalized spacial score (nSPS) is 12.2. The van der Waals surface area contributed by atoms with Gasteiger partial charge in [0.15, 0.2) is 0 Å². The first-order valence-electron chi connectivity index (χ1n) is 7.77. The summed E-state index contributed by atoms with van der Waals surface area (Å²) in [6.45, 7) is 0. The summed E-state index contributed by atoms with van der Waals surface area (Å²) >= 11 is 0.871. The van der Waals surface area contributed by atoms with Gasteiger partial charge in [-0.15, -0.1) is 0 Å². The van der Waals surface area contributed by atoms with E-state index < -0.39 is 39.2 Å². The quantitative estimate of drug-likeness (QED) is 0.617. The molecule has 3 aromatic rings. The zero-order valence-electron chi connectivity index (χ0n) is 15.1. The van der Waals surface area contributed by atoms with Crippen molar-refractivity contribution in [3.8, 4) is 11.6 Å². The van der Waals surface area contributed by atoms with Gasteiger partial charge in [0.1, 0.15) is 5.69 Å². The number of aromatic nitrogens is 3. The maximum atomic E-state index is 13.0. The summed E-state index contributed by atoms with van der Waals surface area (Å²) in [5.41, 5.74) is -3.97. The molecule has 10 nitrogen and oxygen atoms in total. The molecule has 0 saturated heterocycles. The van der Waals surface area contributed by atoms with Crippen molar-refractivity contribution in [3.05, 3.63) is 50.8 Å². The van der Waals surface area contributed by atoms with E-state index in [0.717, 1.165) is 24.8 Å². The molecule has 0 saturated carbocycles. The number of sulfonamides is 1. The first-order valence-corrected chi connectivity index (χ1v) is 10.4. The highest BCUT2D eigenvalue weighted by molar-refractivity contribution is 7.89. The summed E-state index contributed by atoms with van der Waals surface area (Å²) in [5.74, 6) is -0.310. The zero-order valence-corrected chi connectivity index (χ0v) is 16.7. The molecule has 30 heavy (non-hydrogen) atoms. The molecule has 0 bridgehead atoms. The Labute approximate surface area is 169 Å². The minimum atomic E-state index is -4.90. The maximum absolute atomic E-state index is 13.0. The maximum Gasteiger partial charge on any atom is 0.431 e. The minimum absolute atomic E-state index is 0.101. The lowest BCUT2D eigenvalue weighted by molar-refractivity contribution is -0.144. The Morgan fingerprint density at radius 1 is 1.23 bits per heavy atom. The van der Waals surface area contributed by atoms with Gasteiger partial charge in [-0.3, -0.25) is 9.36 Å². The van der Waals surface area contributed by atoms with Crippen molar-refractivity contribution >= 4 is 37.7 Å². The molecule has 2 aromatic heterocycles. The number of carbonyl (C=O) groups excluding carboxylic acids is 1. The number of benzene rings is 1. The fraction of sp³-hybridized carbons (Fsp3) is 0.200. The molecular weight excluding hydrogens is 453 g/mol. The van der Waals surface area contributed by atoms with Gasteiger partial charge in [0, 0.05) is 13.1 Å². The predicted molar refractivity (Wildman–Crippen MR) is 99.5 cm³/mol. The Morgan fingerprint density at radius 2 is 1.90 bits per heavy atom. The van der Waals surface area contributed by atoms with Crippen LogP contribution in [-0.4, -0.2) is 34.3 Å². The number of hydrogen-bond acceptors (Lipinski definition) is 8. The molecule has 0 radical (unpaired) electrons. The molecule has 3 rings (SSSR count). The van der Waals surface area contributed by atoms with E-state index in [1.807, 2.05) is 0 Å². The van der Waals surface area contributed by atoms with E-state index in [-0.39, 0.29) is 27.6 Å². The van der Waals surface area contributed by atoms with E-state index in [9.17, 15) is 36.0 Å². The lowest BCUT2D eigenvalue weighted by Gasteiger charge is -2.14. The monoisotopic (exact) mass is 464 g/mol. The second-order valence-electron chi connectivity index (χ2n) is 5.97. The van der Waals surface area contributed by atoms with Gasteiger partial charge < -0.3 is 4.74 Å². The van der Waals surface area contributed by atoms with Crippen LogP contribution in [0, 0.1) is 0 Å². The number of nitrogens with one attached hydrogen (secondary N) is 1. The van der Waals surface area contributed by atoms with Crippen LogP contribution in [-0.2, 0) is 23.2 Å². The first-order chi connectivity index (χ1) is 13.8. The zero-order chi connectivity index (χ0) is 22.4. The third kappa shape index (κ3) is 4.20. The van der Waals surface area contributed by atoms with Crippen molar-refractivity contribution in [2.24, 2.45) is 7.05 Å². The first kappa shape index (κ1) is 21.5. The summed E-state index contributed by atoms with van der Waals surface area (Å²) in [6.07, 6.45) is -5.50. The van der Waals surface area contributed by atoms with Crippen LogP contribution in [0.3, 0.4) is 0 Å². The van der Waals surface area contributed by atoms with Crippen LogP contribution >= 0.6 is 11.5 Å². The van der Waals surface area contributed by atoms with E-state index in [2.05, 4.69) is 4.37 Å². The Balaban J connectivity index is 2.11.